The standard InChI is InChI=1S/C23H17F4N5O/c1-13-28-12-20(21(29-13)14-6-4-3-5-7-14)30-22(33)16-10-15(19-8-9-32(2)31-19)17(11-18(16)24)23(25,26)27/h3-12H,1-2H3,(H,30,33). The van der Waals surface area contributed by atoms with Gasteiger partial charge in [-0.2, -0.15) is 18.3 Å². The van der Waals surface area contributed by atoms with E-state index in [1.165, 1.54) is 30.2 Å². The van der Waals surface area contributed by atoms with E-state index in [4.69, 9.17) is 0 Å². The van der Waals surface area contributed by atoms with Crippen LogP contribution in [0.4, 0.5) is 23.2 Å². The average Bonchev–Trinajstić information content (AvgIpc) is 3.20. The molecule has 10 heteroatoms. The van der Waals surface area contributed by atoms with E-state index >= 15 is 0 Å². The molecule has 0 aliphatic rings. The first-order valence-electron chi connectivity index (χ1n) is 9.74. The lowest BCUT2D eigenvalue weighted by Crippen LogP contribution is -2.17. The molecule has 0 spiro atoms. The van der Waals surface area contributed by atoms with Gasteiger partial charge >= 0.3 is 6.18 Å². The van der Waals surface area contributed by atoms with Crippen molar-refractivity contribution < 1.29 is 22.4 Å². The first-order chi connectivity index (χ1) is 15.6. The van der Waals surface area contributed by atoms with Gasteiger partial charge in [-0.1, -0.05) is 30.3 Å². The minimum atomic E-state index is -4.84. The summed E-state index contributed by atoms with van der Waals surface area (Å²) in [5, 5.41) is 6.50. The number of alkyl halides is 3. The molecular formula is C23H17F4N5O. The smallest absolute Gasteiger partial charge is 0.319 e. The summed E-state index contributed by atoms with van der Waals surface area (Å²) >= 11 is 0. The first-order valence-corrected chi connectivity index (χ1v) is 9.74. The maximum atomic E-state index is 14.7. The Hall–Kier alpha value is -4.08. The number of carbonyl (C=O) groups excluding carboxylic acids is 1. The summed E-state index contributed by atoms with van der Waals surface area (Å²) in [4.78, 5) is 21.4. The number of rotatable bonds is 4. The van der Waals surface area contributed by atoms with Crippen LogP contribution < -0.4 is 5.32 Å². The molecule has 2 heterocycles. The maximum absolute atomic E-state index is 14.7. The van der Waals surface area contributed by atoms with Crippen LogP contribution in [0, 0.1) is 12.7 Å². The van der Waals surface area contributed by atoms with Crippen LogP contribution in [0.15, 0.2) is 60.9 Å². The van der Waals surface area contributed by atoms with E-state index in [2.05, 4.69) is 20.4 Å². The fourth-order valence-electron chi connectivity index (χ4n) is 3.32. The SMILES string of the molecule is Cc1ncc(NC(=O)c2cc(-c3ccn(C)n3)c(C(F)(F)F)cc2F)c(-c2ccccc2)n1. The van der Waals surface area contributed by atoms with Gasteiger partial charge in [-0.3, -0.25) is 9.48 Å². The van der Waals surface area contributed by atoms with Crippen LogP contribution in [-0.4, -0.2) is 25.7 Å². The van der Waals surface area contributed by atoms with E-state index < -0.39 is 34.6 Å². The zero-order valence-electron chi connectivity index (χ0n) is 17.5. The topological polar surface area (TPSA) is 72.7 Å². The molecule has 1 amide bonds. The van der Waals surface area contributed by atoms with Gasteiger partial charge in [0.2, 0.25) is 0 Å². The molecule has 4 rings (SSSR count). The summed E-state index contributed by atoms with van der Waals surface area (Å²) in [6.07, 6.45) is -2.02. The third-order valence-electron chi connectivity index (χ3n) is 4.85. The molecule has 0 fully saturated rings. The van der Waals surface area contributed by atoms with Crippen molar-refractivity contribution in [1.29, 1.82) is 0 Å². The molecule has 0 saturated heterocycles. The molecule has 2 aromatic carbocycles. The number of aromatic nitrogens is 4. The molecular weight excluding hydrogens is 438 g/mol. The predicted octanol–water partition coefficient (Wildman–Crippen LogP) is 5.26. The zero-order valence-corrected chi connectivity index (χ0v) is 17.5. The zero-order chi connectivity index (χ0) is 23.8. The van der Waals surface area contributed by atoms with Crippen molar-refractivity contribution in [2.24, 2.45) is 7.05 Å². The lowest BCUT2D eigenvalue weighted by molar-refractivity contribution is -0.137. The third kappa shape index (κ3) is 4.59. The number of halogens is 4. The van der Waals surface area contributed by atoms with Gasteiger partial charge in [0, 0.05) is 24.4 Å². The van der Waals surface area contributed by atoms with Crippen molar-refractivity contribution >= 4 is 11.6 Å². The second kappa shape index (κ2) is 8.45. The molecule has 33 heavy (non-hydrogen) atoms. The second-order valence-corrected chi connectivity index (χ2v) is 7.25. The molecule has 0 aliphatic heterocycles. The van der Waals surface area contributed by atoms with Gasteiger partial charge in [-0.15, -0.1) is 0 Å². The highest BCUT2D eigenvalue weighted by atomic mass is 19.4. The number of amides is 1. The molecule has 0 unspecified atom stereocenters. The van der Waals surface area contributed by atoms with E-state index in [0.29, 0.717) is 23.1 Å². The molecule has 0 bridgehead atoms. The van der Waals surface area contributed by atoms with Crippen LogP contribution in [0.2, 0.25) is 0 Å². The van der Waals surface area contributed by atoms with E-state index in [1.54, 1.807) is 31.2 Å². The van der Waals surface area contributed by atoms with E-state index in [1.807, 2.05) is 6.07 Å². The van der Waals surface area contributed by atoms with Crippen LogP contribution >= 0.6 is 0 Å². The van der Waals surface area contributed by atoms with Crippen molar-refractivity contribution in [3.63, 3.8) is 0 Å². The fourth-order valence-corrected chi connectivity index (χ4v) is 3.32. The van der Waals surface area contributed by atoms with Crippen LogP contribution in [0.5, 0.6) is 0 Å². The minimum absolute atomic E-state index is 0.0393. The lowest BCUT2D eigenvalue weighted by atomic mass is 9.99. The Morgan fingerprint density at radius 2 is 1.82 bits per heavy atom. The number of carbonyl (C=O) groups is 1. The molecule has 4 aromatic rings. The molecule has 0 radical (unpaired) electrons. The number of benzene rings is 2. The predicted molar refractivity (Wildman–Crippen MR) is 114 cm³/mol. The summed E-state index contributed by atoms with van der Waals surface area (Å²) in [6, 6.07) is 11.4. The molecule has 0 atom stereocenters. The summed E-state index contributed by atoms with van der Waals surface area (Å²) in [6.45, 7) is 1.67. The van der Waals surface area contributed by atoms with Crippen molar-refractivity contribution in [2.75, 3.05) is 5.32 Å². The van der Waals surface area contributed by atoms with Crippen LogP contribution in [0.1, 0.15) is 21.7 Å². The Morgan fingerprint density at radius 3 is 2.45 bits per heavy atom. The van der Waals surface area contributed by atoms with Gasteiger partial charge in [-0.05, 0) is 25.1 Å². The largest absolute Gasteiger partial charge is 0.417 e. The quantitative estimate of drug-likeness (QED) is 0.426. The Kier molecular flexibility index (Phi) is 5.67. The van der Waals surface area contributed by atoms with Crippen molar-refractivity contribution in [3.05, 3.63) is 83.7 Å². The highest BCUT2D eigenvalue weighted by molar-refractivity contribution is 6.06. The van der Waals surface area contributed by atoms with Gasteiger partial charge in [0.1, 0.15) is 11.6 Å². The van der Waals surface area contributed by atoms with Gasteiger partial charge in [0.05, 0.1) is 34.4 Å². The van der Waals surface area contributed by atoms with Gasteiger partial charge < -0.3 is 5.32 Å². The molecule has 0 saturated carbocycles. The Labute approximate surface area is 185 Å². The van der Waals surface area contributed by atoms with Crippen molar-refractivity contribution in [3.8, 4) is 22.5 Å². The highest BCUT2D eigenvalue weighted by Crippen LogP contribution is 2.38. The number of anilines is 1. The number of nitrogens with one attached hydrogen (secondary N) is 1. The van der Waals surface area contributed by atoms with E-state index in [9.17, 15) is 22.4 Å². The Morgan fingerprint density at radius 1 is 1.09 bits per heavy atom. The lowest BCUT2D eigenvalue weighted by Gasteiger charge is -2.15. The Bertz CT molecular complexity index is 1330. The van der Waals surface area contributed by atoms with Crippen LogP contribution in [-0.2, 0) is 13.2 Å². The monoisotopic (exact) mass is 455 g/mol. The normalized spacial score (nSPS) is 11.5. The molecule has 0 aliphatic carbocycles. The van der Waals surface area contributed by atoms with Crippen LogP contribution in [0.25, 0.3) is 22.5 Å². The number of hydrogen-bond donors (Lipinski definition) is 1. The first kappa shape index (κ1) is 22.1. The number of nitrogens with zero attached hydrogens (tertiary/aromatic N) is 4. The molecule has 1 N–H and O–H groups in total. The second-order valence-electron chi connectivity index (χ2n) is 7.25. The minimum Gasteiger partial charge on any atom is -0.319 e. The van der Waals surface area contributed by atoms with Gasteiger partial charge in [0.25, 0.3) is 5.91 Å². The molecule has 6 nitrogen and oxygen atoms in total. The summed E-state index contributed by atoms with van der Waals surface area (Å²) in [5.74, 6) is -1.80. The number of hydrogen-bond acceptors (Lipinski definition) is 4. The number of aryl methyl sites for hydroxylation is 2. The fraction of sp³-hybridized carbons (Fsp3) is 0.130. The summed E-state index contributed by atoms with van der Waals surface area (Å²) in [7, 11) is 1.54. The molecule has 2 aromatic heterocycles. The average molecular weight is 455 g/mol. The van der Waals surface area contributed by atoms with Crippen LogP contribution in [0.3, 0.4) is 0 Å². The van der Waals surface area contributed by atoms with Gasteiger partial charge in [-0.25, -0.2) is 14.4 Å². The van der Waals surface area contributed by atoms with E-state index in [-0.39, 0.29) is 11.4 Å². The highest BCUT2D eigenvalue weighted by Gasteiger charge is 2.36. The van der Waals surface area contributed by atoms with Gasteiger partial charge in [0.15, 0.2) is 0 Å². The molecule has 168 valence electrons. The van der Waals surface area contributed by atoms with Crippen molar-refractivity contribution in [2.45, 2.75) is 13.1 Å². The maximum Gasteiger partial charge on any atom is 0.417 e. The Balaban J connectivity index is 1.77. The summed E-state index contributed by atoms with van der Waals surface area (Å²) < 4.78 is 56.7. The third-order valence-corrected chi connectivity index (χ3v) is 4.85. The van der Waals surface area contributed by atoms with E-state index in [0.717, 1.165) is 6.07 Å². The summed E-state index contributed by atoms with van der Waals surface area (Å²) in [5.41, 5.74) is -0.965. The van der Waals surface area contributed by atoms with Crippen molar-refractivity contribution in [1.82, 2.24) is 19.7 Å².